The Kier molecular flexibility index (Phi) is 58.5. The Labute approximate surface area is 437 Å². The molecular weight excluding hydrogens is 863 g/mol. The normalized spacial score (nSPS) is 12.7. The van der Waals surface area contributed by atoms with Crippen LogP contribution in [0, 0.1) is 0 Å². The van der Waals surface area contributed by atoms with Gasteiger partial charge in [-0.05, 0) is 57.8 Å². The van der Waals surface area contributed by atoms with E-state index in [1.165, 1.54) is 276 Å². The zero-order valence-corrected chi connectivity index (χ0v) is 47.3. The third-order valence-corrected chi connectivity index (χ3v) is 14.7. The molecule has 0 fully saturated rings. The van der Waals surface area contributed by atoms with E-state index in [1.807, 2.05) is 6.08 Å². The second-order valence-electron chi connectivity index (χ2n) is 21.7. The number of unbranched alkanes of at least 4 members (excludes halogenated alkanes) is 46. The highest BCUT2D eigenvalue weighted by molar-refractivity contribution is 5.76. The van der Waals surface area contributed by atoms with Crippen molar-refractivity contribution in [1.29, 1.82) is 0 Å². The fraction of sp³-hybridized carbons (Fsp3) is 0.906. The van der Waals surface area contributed by atoms with Crippen LogP contribution in [0.1, 0.15) is 348 Å². The molecule has 0 rings (SSSR count). The van der Waals surface area contributed by atoms with Crippen LogP contribution < -0.4 is 5.32 Å². The van der Waals surface area contributed by atoms with Gasteiger partial charge in [0.05, 0.1) is 25.4 Å². The quantitative estimate of drug-likeness (QED) is 0.0321. The second kappa shape index (κ2) is 59.9. The summed E-state index contributed by atoms with van der Waals surface area (Å²) in [6.45, 7) is 4.90. The summed E-state index contributed by atoms with van der Waals surface area (Å²) in [6.07, 6.45) is 73.8. The minimum absolute atomic E-state index is 0.00931. The zero-order chi connectivity index (χ0) is 50.7. The number of rotatable bonds is 59. The first-order valence-corrected chi connectivity index (χ1v) is 31.6. The standard InChI is InChI=1S/C64H123NO5/c1-3-5-7-9-11-13-15-33-38-42-46-50-54-58-64(69)70-59-55-51-47-43-39-35-32-30-28-26-24-22-20-18-17-19-21-23-25-27-29-31-34-37-41-45-49-53-57-63(68)65-61(60-66)62(67)56-52-48-44-40-36-16-14-12-10-8-6-4-2/h13,15,52,56,61-62,66-67H,3-12,14,16-51,53-55,57-60H2,1-2H3,(H,65,68)/b15-13-,56-52+. The van der Waals surface area contributed by atoms with E-state index >= 15 is 0 Å². The van der Waals surface area contributed by atoms with Crippen LogP contribution in [0.25, 0.3) is 0 Å². The van der Waals surface area contributed by atoms with E-state index in [2.05, 4.69) is 31.3 Å². The Morgan fingerprint density at radius 2 is 0.671 bits per heavy atom. The minimum Gasteiger partial charge on any atom is -0.466 e. The molecule has 414 valence electrons. The van der Waals surface area contributed by atoms with Gasteiger partial charge in [-0.2, -0.15) is 0 Å². The topological polar surface area (TPSA) is 95.9 Å². The van der Waals surface area contributed by atoms with E-state index in [1.54, 1.807) is 6.08 Å². The minimum atomic E-state index is -0.840. The van der Waals surface area contributed by atoms with Crippen molar-refractivity contribution in [2.75, 3.05) is 13.2 Å². The van der Waals surface area contributed by atoms with Gasteiger partial charge in [0.25, 0.3) is 0 Å². The van der Waals surface area contributed by atoms with E-state index in [-0.39, 0.29) is 18.5 Å². The molecule has 0 spiro atoms. The van der Waals surface area contributed by atoms with E-state index < -0.39 is 12.1 Å². The Balaban J connectivity index is 3.34. The number of hydrogen-bond acceptors (Lipinski definition) is 5. The van der Waals surface area contributed by atoms with Crippen molar-refractivity contribution < 1.29 is 24.5 Å². The number of nitrogens with one attached hydrogen (secondary N) is 1. The number of aliphatic hydroxyl groups excluding tert-OH is 2. The number of carbonyl (C=O) groups excluding carboxylic acids is 2. The third-order valence-electron chi connectivity index (χ3n) is 14.7. The van der Waals surface area contributed by atoms with Crippen LogP contribution >= 0.6 is 0 Å². The first-order valence-electron chi connectivity index (χ1n) is 31.6. The summed E-state index contributed by atoms with van der Waals surface area (Å²) in [7, 11) is 0. The first kappa shape index (κ1) is 68.3. The molecule has 6 nitrogen and oxygen atoms in total. The highest BCUT2D eigenvalue weighted by Gasteiger charge is 2.18. The molecule has 0 saturated heterocycles. The van der Waals surface area contributed by atoms with Crippen molar-refractivity contribution >= 4 is 11.9 Å². The second-order valence-corrected chi connectivity index (χ2v) is 21.7. The lowest BCUT2D eigenvalue weighted by Crippen LogP contribution is -2.45. The molecule has 3 N–H and O–H groups in total. The predicted octanol–water partition coefficient (Wildman–Crippen LogP) is 19.8. The van der Waals surface area contributed by atoms with Gasteiger partial charge in [-0.1, -0.05) is 301 Å². The molecule has 0 aliphatic rings. The van der Waals surface area contributed by atoms with Crippen LogP contribution in [-0.4, -0.2) is 47.4 Å². The lowest BCUT2D eigenvalue weighted by molar-refractivity contribution is -0.143. The molecule has 2 atom stereocenters. The summed E-state index contributed by atoms with van der Waals surface area (Å²) in [4.78, 5) is 24.5. The maximum atomic E-state index is 12.4. The summed E-state index contributed by atoms with van der Waals surface area (Å²) in [5.74, 6) is -0.0551. The van der Waals surface area contributed by atoms with E-state index in [0.29, 0.717) is 19.4 Å². The Morgan fingerprint density at radius 1 is 0.386 bits per heavy atom. The van der Waals surface area contributed by atoms with Gasteiger partial charge in [-0.15, -0.1) is 0 Å². The van der Waals surface area contributed by atoms with Crippen LogP contribution in [0.3, 0.4) is 0 Å². The molecule has 2 unspecified atom stereocenters. The van der Waals surface area contributed by atoms with Crippen LogP contribution in [-0.2, 0) is 14.3 Å². The molecule has 70 heavy (non-hydrogen) atoms. The SMILES string of the molecule is CCCCCC/C=C\CCCCCCCC(=O)OCCCCCCCCCCCCCCCCCCCCCCCCCCCCCCC(=O)NC(CO)C(O)/C=C/CCCCCCCCCCCC. The molecule has 0 aliphatic carbocycles. The van der Waals surface area contributed by atoms with Gasteiger partial charge in [0.2, 0.25) is 5.91 Å². The molecule has 6 heteroatoms. The number of hydrogen-bond donors (Lipinski definition) is 3. The fourth-order valence-corrected chi connectivity index (χ4v) is 9.87. The van der Waals surface area contributed by atoms with Crippen LogP contribution in [0.5, 0.6) is 0 Å². The monoisotopic (exact) mass is 986 g/mol. The molecule has 1 amide bonds. The first-order chi connectivity index (χ1) is 34.5. The van der Waals surface area contributed by atoms with Crippen molar-refractivity contribution in [3.05, 3.63) is 24.3 Å². The molecule has 0 radical (unpaired) electrons. The molecule has 0 aliphatic heterocycles. The highest BCUT2D eigenvalue weighted by atomic mass is 16.5. The van der Waals surface area contributed by atoms with Crippen molar-refractivity contribution in [2.45, 2.75) is 360 Å². The summed E-state index contributed by atoms with van der Waals surface area (Å²) >= 11 is 0. The lowest BCUT2D eigenvalue weighted by Gasteiger charge is -2.20. The van der Waals surface area contributed by atoms with Gasteiger partial charge < -0.3 is 20.3 Å². The van der Waals surface area contributed by atoms with Crippen LogP contribution in [0.15, 0.2) is 24.3 Å². The van der Waals surface area contributed by atoms with Crippen molar-refractivity contribution in [1.82, 2.24) is 5.32 Å². The van der Waals surface area contributed by atoms with Gasteiger partial charge in [-0.3, -0.25) is 9.59 Å². The molecule has 0 aromatic heterocycles. The van der Waals surface area contributed by atoms with Crippen molar-refractivity contribution in [2.24, 2.45) is 0 Å². The highest BCUT2D eigenvalue weighted by Crippen LogP contribution is 2.18. The Hall–Kier alpha value is -1.66. The number of amides is 1. The summed E-state index contributed by atoms with van der Waals surface area (Å²) in [6, 6.07) is -0.624. The van der Waals surface area contributed by atoms with Gasteiger partial charge >= 0.3 is 5.97 Å². The molecular formula is C64H123NO5. The number of aliphatic hydroxyl groups is 2. The predicted molar refractivity (Wildman–Crippen MR) is 306 cm³/mol. The van der Waals surface area contributed by atoms with Gasteiger partial charge in [-0.25, -0.2) is 0 Å². The average molecular weight is 987 g/mol. The summed E-state index contributed by atoms with van der Waals surface area (Å²) in [5.41, 5.74) is 0. The Bertz CT molecular complexity index is 1090. The Morgan fingerprint density at radius 3 is 1.03 bits per heavy atom. The smallest absolute Gasteiger partial charge is 0.305 e. The van der Waals surface area contributed by atoms with Gasteiger partial charge in [0.15, 0.2) is 0 Å². The summed E-state index contributed by atoms with van der Waals surface area (Å²) < 4.78 is 5.48. The number of allylic oxidation sites excluding steroid dienone is 3. The van der Waals surface area contributed by atoms with E-state index in [0.717, 1.165) is 44.9 Å². The van der Waals surface area contributed by atoms with Crippen LogP contribution in [0.2, 0.25) is 0 Å². The molecule has 0 aromatic carbocycles. The molecule has 0 heterocycles. The van der Waals surface area contributed by atoms with E-state index in [9.17, 15) is 19.8 Å². The zero-order valence-electron chi connectivity index (χ0n) is 47.3. The van der Waals surface area contributed by atoms with Gasteiger partial charge in [0, 0.05) is 12.8 Å². The number of esters is 1. The average Bonchev–Trinajstić information content (AvgIpc) is 3.36. The van der Waals surface area contributed by atoms with Crippen LogP contribution in [0.4, 0.5) is 0 Å². The molecule has 0 aromatic rings. The lowest BCUT2D eigenvalue weighted by atomic mass is 10.0. The van der Waals surface area contributed by atoms with Crippen molar-refractivity contribution in [3.8, 4) is 0 Å². The van der Waals surface area contributed by atoms with Crippen molar-refractivity contribution in [3.63, 3.8) is 0 Å². The molecule has 0 bridgehead atoms. The maximum absolute atomic E-state index is 12.4. The third kappa shape index (κ3) is 55.7. The fourth-order valence-electron chi connectivity index (χ4n) is 9.87. The maximum Gasteiger partial charge on any atom is 0.305 e. The largest absolute Gasteiger partial charge is 0.466 e. The molecule has 0 saturated carbocycles. The summed E-state index contributed by atoms with van der Waals surface area (Å²) in [5, 5.41) is 23.1. The van der Waals surface area contributed by atoms with E-state index in [4.69, 9.17) is 4.74 Å². The number of ether oxygens (including phenoxy) is 1. The number of carbonyl (C=O) groups is 2. The van der Waals surface area contributed by atoms with Gasteiger partial charge in [0.1, 0.15) is 0 Å².